The summed E-state index contributed by atoms with van der Waals surface area (Å²) in [6.45, 7) is 0. The summed E-state index contributed by atoms with van der Waals surface area (Å²) >= 11 is 5.59. The summed E-state index contributed by atoms with van der Waals surface area (Å²) in [5.74, 6) is -1.59. The number of primary amides is 1. The maximum Gasteiger partial charge on any atom is 0.258 e. The molecule has 2 N–H and O–H groups in total. The molecule has 6 heteroatoms. The van der Waals surface area contributed by atoms with E-state index in [1.165, 1.54) is 29.2 Å². The molecule has 0 heterocycles. The first kappa shape index (κ1) is 15.0. The first-order chi connectivity index (χ1) is 9.90. The largest absolute Gasteiger partial charge is 0.366 e. The summed E-state index contributed by atoms with van der Waals surface area (Å²) in [5, 5.41) is -0.0417. The fourth-order valence-electron chi connectivity index (χ4n) is 1.79. The Bertz CT molecular complexity index is 701. The van der Waals surface area contributed by atoms with Gasteiger partial charge in [0.15, 0.2) is 0 Å². The van der Waals surface area contributed by atoms with Crippen molar-refractivity contribution in [3.63, 3.8) is 0 Å². The van der Waals surface area contributed by atoms with E-state index >= 15 is 0 Å². The van der Waals surface area contributed by atoms with E-state index in [1.807, 2.05) is 0 Å². The van der Waals surface area contributed by atoms with Crippen LogP contribution >= 0.6 is 11.6 Å². The molecule has 2 aromatic rings. The quantitative estimate of drug-likeness (QED) is 0.947. The molecule has 0 spiro atoms. The molecule has 0 radical (unpaired) electrons. The van der Waals surface area contributed by atoms with Gasteiger partial charge in [0.25, 0.3) is 5.91 Å². The van der Waals surface area contributed by atoms with E-state index < -0.39 is 17.6 Å². The predicted octanol–water partition coefficient (Wildman–Crippen LogP) is 2.85. The monoisotopic (exact) mass is 306 g/mol. The van der Waals surface area contributed by atoms with Crippen LogP contribution in [0.2, 0.25) is 5.02 Å². The first-order valence-corrected chi connectivity index (χ1v) is 6.41. The minimum absolute atomic E-state index is 0.0417. The lowest BCUT2D eigenvalue weighted by Crippen LogP contribution is -2.26. The second kappa shape index (κ2) is 5.93. The molecule has 2 rings (SSSR count). The third-order valence-electron chi connectivity index (χ3n) is 3.01. The van der Waals surface area contributed by atoms with Crippen LogP contribution in [-0.2, 0) is 0 Å². The number of amides is 2. The van der Waals surface area contributed by atoms with Gasteiger partial charge in [-0.1, -0.05) is 11.6 Å². The van der Waals surface area contributed by atoms with Gasteiger partial charge in [0.05, 0.1) is 5.02 Å². The number of hydrogen-bond acceptors (Lipinski definition) is 2. The Hall–Kier alpha value is -2.40. The molecule has 0 saturated heterocycles. The van der Waals surface area contributed by atoms with Crippen LogP contribution in [-0.4, -0.2) is 18.9 Å². The molecular weight excluding hydrogens is 295 g/mol. The van der Waals surface area contributed by atoms with Crippen molar-refractivity contribution in [1.29, 1.82) is 0 Å². The molecule has 21 heavy (non-hydrogen) atoms. The van der Waals surface area contributed by atoms with Gasteiger partial charge in [-0.05, 0) is 42.5 Å². The molecular formula is C15H12ClFN2O2. The van der Waals surface area contributed by atoms with Crippen LogP contribution in [0.3, 0.4) is 0 Å². The van der Waals surface area contributed by atoms with E-state index in [0.29, 0.717) is 11.3 Å². The molecule has 0 aliphatic carbocycles. The Morgan fingerprint density at radius 2 is 1.67 bits per heavy atom. The molecule has 0 aromatic heterocycles. The lowest BCUT2D eigenvalue weighted by atomic mass is 10.1. The zero-order valence-corrected chi connectivity index (χ0v) is 11.9. The number of halogens is 2. The molecule has 0 bridgehead atoms. The predicted molar refractivity (Wildman–Crippen MR) is 79.1 cm³/mol. The van der Waals surface area contributed by atoms with Crippen molar-refractivity contribution in [3.8, 4) is 0 Å². The standard InChI is InChI=1S/C15H12ClFN2O2/c1-19(11-5-2-9(3-6-11)14(18)20)15(21)10-4-7-12(16)13(17)8-10/h2-8H,1H3,(H2,18,20). The summed E-state index contributed by atoms with van der Waals surface area (Å²) in [4.78, 5) is 24.6. The second-order valence-corrected chi connectivity index (χ2v) is 4.81. The fourth-order valence-corrected chi connectivity index (χ4v) is 1.91. The van der Waals surface area contributed by atoms with Gasteiger partial charge < -0.3 is 10.6 Å². The molecule has 2 aromatic carbocycles. The molecule has 0 unspecified atom stereocenters. The number of hydrogen-bond donors (Lipinski definition) is 1. The van der Waals surface area contributed by atoms with Crippen LogP contribution in [0.25, 0.3) is 0 Å². The molecule has 108 valence electrons. The van der Waals surface area contributed by atoms with Gasteiger partial charge in [0.2, 0.25) is 5.91 Å². The van der Waals surface area contributed by atoms with E-state index in [-0.39, 0.29) is 10.6 Å². The average molecular weight is 307 g/mol. The first-order valence-electron chi connectivity index (χ1n) is 6.03. The zero-order chi connectivity index (χ0) is 15.6. The van der Waals surface area contributed by atoms with Crippen LogP contribution in [0, 0.1) is 5.82 Å². The molecule has 2 amide bonds. The lowest BCUT2D eigenvalue weighted by molar-refractivity contribution is 0.0989. The highest BCUT2D eigenvalue weighted by Crippen LogP contribution is 2.20. The highest BCUT2D eigenvalue weighted by Gasteiger charge is 2.15. The van der Waals surface area contributed by atoms with Crippen molar-refractivity contribution >= 4 is 29.1 Å². The van der Waals surface area contributed by atoms with Gasteiger partial charge >= 0.3 is 0 Å². The van der Waals surface area contributed by atoms with Gasteiger partial charge in [-0.2, -0.15) is 0 Å². The van der Waals surface area contributed by atoms with Crippen molar-refractivity contribution in [1.82, 2.24) is 0 Å². The van der Waals surface area contributed by atoms with Gasteiger partial charge in [0.1, 0.15) is 5.82 Å². The van der Waals surface area contributed by atoms with Crippen molar-refractivity contribution in [2.75, 3.05) is 11.9 Å². The highest BCUT2D eigenvalue weighted by atomic mass is 35.5. The molecule has 0 saturated carbocycles. The Kier molecular flexibility index (Phi) is 4.23. The van der Waals surface area contributed by atoms with Crippen LogP contribution in [0.1, 0.15) is 20.7 Å². The van der Waals surface area contributed by atoms with E-state index in [0.717, 1.165) is 6.07 Å². The van der Waals surface area contributed by atoms with Crippen molar-refractivity contribution in [2.45, 2.75) is 0 Å². The van der Waals surface area contributed by atoms with Crippen LogP contribution in [0.5, 0.6) is 0 Å². The number of carbonyl (C=O) groups excluding carboxylic acids is 2. The molecule has 4 nitrogen and oxygen atoms in total. The Morgan fingerprint density at radius 1 is 1.10 bits per heavy atom. The van der Waals surface area contributed by atoms with E-state index in [1.54, 1.807) is 19.2 Å². The number of nitrogens with zero attached hydrogens (tertiary/aromatic N) is 1. The van der Waals surface area contributed by atoms with Crippen molar-refractivity contribution < 1.29 is 14.0 Å². The highest BCUT2D eigenvalue weighted by molar-refractivity contribution is 6.30. The summed E-state index contributed by atoms with van der Waals surface area (Å²) in [6, 6.07) is 10.1. The number of nitrogens with two attached hydrogens (primary N) is 1. The second-order valence-electron chi connectivity index (χ2n) is 4.40. The minimum Gasteiger partial charge on any atom is -0.366 e. The van der Waals surface area contributed by atoms with E-state index in [4.69, 9.17) is 17.3 Å². The lowest BCUT2D eigenvalue weighted by Gasteiger charge is -2.17. The molecule has 0 fully saturated rings. The Balaban J connectivity index is 2.25. The zero-order valence-electron chi connectivity index (χ0n) is 11.1. The molecule has 0 aliphatic rings. The summed E-state index contributed by atoms with van der Waals surface area (Å²) in [5.41, 5.74) is 6.23. The molecule has 0 aliphatic heterocycles. The van der Waals surface area contributed by atoms with Gasteiger partial charge in [-0.25, -0.2) is 4.39 Å². The average Bonchev–Trinajstić information content (AvgIpc) is 2.48. The molecule has 0 atom stereocenters. The smallest absolute Gasteiger partial charge is 0.258 e. The maximum absolute atomic E-state index is 13.4. The van der Waals surface area contributed by atoms with Gasteiger partial charge in [0, 0.05) is 23.9 Å². The van der Waals surface area contributed by atoms with E-state index in [9.17, 15) is 14.0 Å². The number of carbonyl (C=O) groups is 2. The number of anilines is 1. The normalized spacial score (nSPS) is 10.2. The van der Waals surface area contributed by atoms with Crippen molar-refractivity contribution in [3.05, 3.63) is 64.4 Å². The third kappa shape index (κ3) is 3.20. The van der Waals surface area contributed by atoms with Gasteiger partial charge in [-0.3, -0.25) is 9.59 Å². The van der Waals surface area contributed by atoms with Crippen LogP contribution < -0.4 is 10.6 Å². The summed E-state index contributed by atoms with van der Waals surface area (Å²) < 4.78 is 13.4. The topological polar surface area (TPSA) is 63.4 Å². The number of benzene rings is 2. The van der Waals surface area contributed by atoms with E-state index in [2.05, 4.69) is 0 Å². The summed E-state index contributed by atoms with van der Waals surface area (Å²) in [6.07, 6.45) is 0. The van der Waals surface area contributed by atoms with Crippen molar-refractivity contribution in [2.24, 2.45) is 5.73 Å². The van der Waals surface area contributed by atoms with Gasteiger partial charge in [-0.15, -0.1) is 0 Å². The van der Waals surface area contributed by atoms with Crippen LogP contribution in [0.15, 0.2) is 42.5 Å². The fraction of sp³-hybridized carbons (Fsp3) is 0.0667. The summed E-state index contributed by atoms with van der Waals surface area (Å²) in [7, 11) is 1.55. The number of rotatable bonds is 3. The van der Waals surface area contributed by atoms with Crippen LogP contribution in [0.4, 0.5) is 10.1 Å². The SMILES string of the molecule is CN(C(=O)c1ccc(Cl)c(F)c1)c1ccc(C(N)=O)cc1. The third-order valence-corrected chi connectivity index (χ3v) is 3.32. The minimum atomic E-state index is -0.653. The Morgan fingerprint density at radius 3 is 2.19 bits per heavy atom. The Labute approximate surface area is 125 Å². The maximum atomic E-state index is 13.4.